The SMILES string of the molecule is CN=C(NCc1ccc(F)cc1)N1CCOC(c2ccccc2C)C1. The first-order chi connectivity index (χ1) is 12.2. The van der Waals surface area contributed by atoms with Crippen LogP contribution in [0.4, 0.5) is 4.39 Å². The molecule has 3 rings (SSSR count). The van der Waals surface area contributed by atoms with Crippen molar-refractivity contribution in [2.45, 2.75) is 19.6 Å². The van der Waals surface area contributed by atoms with Gasteiger partial charge in [-0.1, -0.05) is 36.4 Å². The molecule has 0 saturated carbocycles. The van der Waals surface area contributed by atoms with E-state index in [1.165, 1.54) is 23.3 Å². The number of guanidine groups is 1. The third-order valence-corrected chi connectivity index (χ3v) is 4.48. The second kappa shape index (κ2) is 8.12. The van der Waals surface area contributed by atoms with Gasteiger partial charge in [-0.2, -0.15) is 0 Å². The summed E-state index contributed by atoms with van der Waals surface area (Å²) in [6, 6.07) is 14.8. The second-order valence-electron chi connectivity index (χ2n) is 6.19. The number of nitrogens with zero attached hydrogens (tertiary/aromatic N) is 2. The molecule has 4 nitrogen and oxygen atoms in total. The van der Waals surface area contributed by atoms with Crippen LogP contribution in [0.2, 0.25) is 0 Å². The number of hydrogen-bond donors (Lipinski definition) is 1. The van der Waals surface area contributed by atoms with Crippen molar-refractivity contribution in [1.29, 1.82) is 0 Å². The Morgan fingerprint density at radius 3 is 2.72 bits per heavy atom. The molecule has 1 aliphatic heterocycles. The fourth-order valence-corrected chi connectivity index (χ4v) is 3.09. The Balaban J connectivity index is 1.64. The minimum atomic E-state index is -0.220. The van der Waals surface area contributed by atoms with E-state index in [9.17, 15) is 4.39 Å². The van der Waals surface area contributed by atoms with Gasteiger partial charge in [-0.25, -0.2) is 4.39 Å². The third-order valence-electron chi connectivity index (χ3n) is 4.48. The van der Waals surface area contributed by atoms with Crippen molar-refractivity contribution in [3.63, 3.8) is 0 Å². The summed E-state index contributed by atoms with van der Waals surface area (Å²) in [5.74, 6) is 0.619. The van der Waals surface area contributed by atoms with E-state index in [4.69, 9.17) is 4.74 Å². The number of halogens is 1. The lowest BCUT2D eigenvalue weighted by atomic mass is 10.0. The molecule has 2 aromatic carbocycles. The van der Waals surface area contributed by atoms with Crippen LogP contribution in [0.15, 0.2) is 53.5 Å². The summed E-state index contributed by atoms with van der Waals surface area (Å²) >= 11 is 0. The predicted octanol–water partition coefficient (Wildman–Crippen LogP) is 3.28. The molecule has 25 heavy (non-hydrogen) atoms. The summed E-state index contributed by atoms with van der Waals surface area (Å²) in [7, 11) is 1.78. The molecule has 1 fully saturated rings. The van der Waals surface area contributed by atoms with Crippen LogP contribution in [-0.2, 0) is 11.3 Å². The van der Waals surface area contributed by atoms with E-state index in [0.29, 0.717) is 13.2 Å². The molecule has 0 aliphatic carbocycles. The monoisotopic (exact) mass is 341 g/mol. The van der Waals surface area contributed by atoms with E-state index in [1.807, 2.05) is 12.1 Å². The number of rotatable bonds is 3. The number of nitrogens with one attached hydrogen (secondary N) is 1. The first-order valence-corrected chi connectivity index (χ1v) is 8.54. The van der Waals surface area contributed by atoms with Crippen molar-refractivity contribution in [2.24, 2.45) is 4.99 Å². The first-order valence-electron chi connectivity index (χ1n) is 8.54. The molecule has 0 amide bonds. The lowest BCUT2D eigenvalue weighted by molar-refractivity contribution is -0.00833. The standard InChI is InChI=1S/C20H24FN3O/c1-15-5-3-4-6-18(15)19-14-24(11-12-25-19)20(22-2)23-13-16-7-9-17(21)10-8-16/h3-10,19H,11-14H2,1-2H3,(H,22,23). The molecule has 0 aromatic heterocycles. The van der Waals surface area contributed by atoms with E-state index < -0.39 is 0 Å². The van der Waals surface area contributed by atoms with Gasteiger partial charge in [0.05, 0.1) is 13.2 Å². The maximum absolute atomic E-state index is 13.0. The van der Waals surface area contributed by atoms with Gasteiger partial charge in [-0.3, -0.25) is 4.99 Å². The molecule has 0 spiro atoms. The second-order valence-corrected chi connectivity index (χ2v) is 6.19. The number of aliphatic imine (C=N–C) groups is 1. The van der Waals surface area contributed by atoms with Crippen molar-refractivity contribution in [1.82, 2.24) is 10.2 Å². The van der Waals surface area contributed by atoms with E-state index in [2.05, 4.69) is 34.3 Å². The van der Waals surface area contributed by atoms with Crippen LogP contribution in [0.25, 0.3) is 0 Å². The van der Waals surface area contributed by atoms with Gasteiger partial charge in [0, 0.05) is 20.1 Å². The Kier molecular flexibility index (Phi) is 5.66. The van der Waals surface area contributed by atoms with Crippen LogP contribution in [0, 0.1) is 12.7 Å². The van der Waals surface area contributed by atoms with E-state index in [1.54, 1.807) is 19.2 Å². The molecule has 2 aromatic rings. The van der Waals surface area contributed by atoms with Crippen molar-refractivity contribution in [2.75, 3.05) is 26.7 Å². The van der Waals surface area contributed by atoms with Gasteiger partial charge in [0.2, 0.25) is 0 Å². The Hall–Kier alpha value is -2.40. The molecule has 1 N–H and O–H groups in total. The number of hydrogen-bond acceptors (Lipinski definition) is 2. The van der Waals surface area contributed by atoms with Gasteiger partial charge in [0.15, 0.2) is 5.96 Å². The smallest absolute Gasteiger partial charge is 0.194 e. The molecule has 1 saturated heterocycles. The number of morpholine rings is 1. The van der Waals surface area contributed by atoms with Crippen molar-refractivity contribution in [3.8, 4) is 0 Å². The van der Waals surface area contributed by atoms with Crippen LogP contribution < -0.4 is 5.32 Å². The number of ether oxygens (including phenoxy) is 1. The van der Waals surface area contributed by atoms with Gasteiger partial charge in [0.25, 0.3) is 0 Å². The van der Waals surface area contributed by atoms with Crippen molar-refractivity contribution >= 4 is 5.96 Å². The maximum atomic E-state index is 13.0. The highest BCUT2D eigenvalue weighted by Crippen LogP contribution is 2.25. The summed E-state index contributed by atoms with van der Waals surface area (Å²) < 4.78 is 19.0. The van der Waals surface area contributed by atoms with Crippen LogP contribution in [0.5, 0.6) is 0 Å². The minimum Gasteiger partial charge on any atom is -0.370 e. The van der Waals surface area contributed by atoms with Crippen molar-refractivity contribution in [3.05, 3.63) is 71.0 Å². The molecule has 1 heterocycles. The molecular formula is C20H24FN3O. The van der Waals surface area contributed by atoms with E-state index >= 15 is 0 Å². The van der Waals surface area contributed by atoms with E-state index in [-0.39, 0.29) is 11.9 Å². The fraction of sp³-hybridized carbons (Fsp3) is 0.350. The van der Waals surface area contributed by atoms with Crippen LogP contribution in [0.1, 0.15) is 22.8 Å². The summed E-state index contributed by atoms with van der Waals surface area (Å²) in [6.45, 7) is 4.94. The minimum absolute atomic E-state index is 0.0410. The molecular weight excluding hydrogens is 317 g/mol. The number of benzene rings is 2. The maximum Gasteiger partial charge on any atom is 0.194 e. The normalized spacial score (nSPS) is 18.3. The summed E-state index contributed by atoms with van der Waals surface area (Å²) in [5.41, 5.74) is 3.48. The summed E-state index contributed by atoms with van der Waals surface area (Å²) in [5, 5.41) is 3.36. The molecule has 5 heteroatoms. The quantitative estimate of drug-likeness (QED) is 0.688. The zero-order chi connectivity index (χ0) is 17.6. The summed E-state index contributed by atoms with van der Waals surface area (Å²) in [6.07, 6.45) is 0.0410. The average molecular weight is 341 g/mol. The van der Waals surface area contributed by atoms with Gasteiger partial charge in [0.1, 0.15) is 11.9 Å². The Bertz CT molecular complexity index is 730. The molecule has 1 unspecified atom stereocenters. The average Bonchev–Trinajstić information content (AvgIpc) is 2.64. The van der Waals surface area contributed by atoms with Crippen LogP contribution >= 0.6 is 0 Å². The van der Waals surface area contributed by atoms with Gasteiger partial charge in [-0.05, 0) is 35.7 Å². The lowest BCUT2D eigenvalue weighted by Crippen LogP contribution is -2.48. The Morgan fingerprint density at radius 2 is 2.00 bits per heavy atom. The zero-order valence-electron chi connectivity index (χ0n) is 14.7. The zero-order valence-corrected chi connectivity index (χ0v) is 14.7. The lowest BCUT2D eigenvalue weighted by Gasteiger charge is -2.35. The predicted molar refractivity (Wildman–Crippen MR) is 98.0 cm³/mol. The number of aryl methyl sites for hydroxylation is 1. The third kappa shape index (κ3) is 4.37. The highest BCUT2D eigenvalue weighted by Gasteiger charge is 2.25. The first kappa shape index (κ1) is 17.4. The highest BCUT2D eigenvalue weighted by atomic mass is 19.1. The van der Waals surface area contributed by atoms with Crippen molar-refractivity contribution < 1.29 is 9.13 Å². The largest absolute Gasteiger partial charge is 0.370 e. The molecule has 132 valence electrons. The van der Waals surface area contributed by atoms with Gasteiger partial charge >= 0.3 is 0 Å². The van der Waals surface area contributed by atoms with E-state index in [0.717, 1.165) is 24.6 Å². The molecule has 0 bridgehead atoms. The van der Waals surface area contributed by atoms with Crippen LogP contribution in [0.3, 0.4) is 0 Å². The van der Waals surface area contributed by atoms with Gasteiger partial charge < -0.3 is 15.0 Å². The Morgan fingerprint density at radius 1 is 1.24 bits per heavy atom. The Labute approximate surface area is 148 Å². The highest BCUT2D eigenvalue weighted by molar-refractivity contribution is 5.80. The topological polar surface area (TPSA) is 36.9 Å². The van der Waals surface area contributed by atoms with Gasteiger partial charge in [-0.15, -0.1) is 0 Å². The molecule has 0 radical (unpaired) electrons. The van der Waals surface area contributed by atoms with Crippen LogP contribution in [-0.4, -0.2) is 37.6 Å². The molecule has 1 atom stereocenters. The molecule has 1 aliphatic rings. The fourth-order valence-electron chi connectivity index (χ4n) is 3.09. The summed E-state index contributed by atoms with van der Waals surface area (Å²) in [4.78, 5) is 6.61.